The second-order valence-electron chi connectivity index (χ2n) is 4.88. The largest absolute Gasteiger partial charge is 0.325 e. The zero-order valence-electron chi connectivity index (χ0n) is 11.3. The van der Waals surface area contributed by atoms with Gasteiger partial charge in [0.25, 0.3) is 5.69 Å². The van der Waals surface area contributed by atoms with Crippen LogP contribution in [0.15, 0.2) is 24.3 Å². The van der Waals surface area contributed by atoms with E-state index in [4.69, 9.17) is 0 Å². The molecule has 7 nitrogen and oxygen atoms in total. The number of rotatable bonds is 4. The summed E-state index contributed by atoms with van der Waals surface area (Å²) < 4.78 is 0. The second kappa shape index (κ2) is 6.44. The summed E-state index contributed by atoms with van der Waals surface area (Å²) in [5, 5.41) is 16.6. The molecule has 1 saturated heterocycles. The molecule has 2 N–H and O–H groups in total. The highest BCUT2D eigenvalue weighted by Crippen LogP contribution is 2.15. The molecule has 1 aromatic rings. The van der Waals surface area contributed by atoms with Crippen LogP contribution in [0.2, 0.25) is 0 Å². The van der Waals surface area contributed by atoms with E-state index in [0.717, 1.165) is 19.6 Å². The summed E-state index contributed by atoms with van der Waals surface area (Å²) >= 11 is 0. The molecule has 0 aromatic heterocycles. The highest BCUT2D eigenvalue weighted by atomic mass is 16.6. The van der Waals surface area contributed by atoms with E-state index in [1.165, 1.54) is 24.3 Å². The predicted octanol–water partition coefficient (Wildman–Crippen LogP) is 0.827. The molecule has 20 heavy (non-hydrogen) atoms. The fourth-order valence-corrected chi connectivity index (χ4v) is 2.17. The highest BCUT2D eigenvalue weighted by molar-refractivity contribution is 5.92. The van der Waals surface area contributed by atoms with Crippen LogP contribution in [-0.2, 0) is 4.79 Å². The van der Waals surface area contributed by atoms with Crippen LogP contribution in [0.25, 0.3) is 0 Å². The van der Waals surface area contributed by atoms with Crippen molar-refractivity contribution >= 4 is 17.3 Å². The molecular weight excluding hydrogens is 260 g/mol. The Labute approximate surface area is 117 Å². The first kappa shape index (κ1) is 14.4. The number of nitrogens with one attached hydrogen (secondary N) is 2. The SMILES string of the molecule is C[C@@H]1CNCCN1CC(=O)Nc1ccc([N+](=O)[O-])cc1. The number of hydrogen-bond donors (Lipinski definition) is 2. The van der Waals surface area contributed by atoms with Crippen LogP contribution in [0.3, 0.4) is 0 Å². The molecule has 2 rings (SSSR count). The number of nitro groups is 1. The van der Waals surface area contributed by atoms with Crippen LogP contribution in [0.1, 0.15) is 6.92 Å². The van der Waals surface area contributed by atoms with Crippen LogP contribution in [-0.4, -0.2) is 48.0 Å². The Hall–Kier alpha value is -1.99. The number of non-ortho nitro benzene ring substituents is 1. The lowest BCUT2D eigenvalue weighted by molar-refractivity contribution is -0.384. The molecule has 1 aliphatic rings. The molecule has 0 radical (unpaired) electrons. The number of carbonyl (C=O) groups excluding carboxylic acids is 1. The van der Waals surface area contributed by atoms with E-state index in [1.54, 1.807) is 0 Å². The van der Waals surface area contributed by atoms with Crippen LogP contribution >= 0.6 is 0 Å². The topological polar surface area (TPSA) is 87.5 Å². The zero-order chi connectivity index (χ0) is 14.5. The summed E-state index contributed by atoms with van der Waals surface area (Å²) in [7, 11) is 0. The van der Waals surface area contributed by atoms with Crippen molar-refractivity contribution in [2.24, 2.45) is 0 Å². The van der Waals surface area contributed by atoms with Gasteiger partial charge in [0.1, 0.15) is 0 Å². The third kappa shape index (κ3) is 3.75. The average molecular weight is 278 g/mol. The Balaban J connectivity index is 1.89. The number of amides is 1. The third-order valence-electron chi connectivity index (χ3n) is 3.35. The third-order valence-corrected chi connectivity index (χ3v) is 3.35. The van der Waals surface area contributed by atoms with Gasteiger partial charge in [-0.15, -0.1) is 0 Å². The fraction of sp³-hybridized carbons (Fsp3) is 0.462. The Bertz CT molecular complexity index is 489. The minimum atomic E-state index is -0.464. The van der Waals surface area contributed by atoms with Crippen LogP contribution in [0, 0.1) is 10.1 Å². The zero-order valence-corrected chi connectivity index (χ0v) is 11.3. The van der Waals surface area contributed by atoms with Crippen molar-refractivity contribution in [3.8, 4) is 0 Å². The van der Waals surface area contributed by atoms with Crippen molar-refractivity contribution in [2.75, 3.05) is 31.5 Å². The molecular formula is C13H18N4O3. The van der Waals surface area contributed by atoms with E-state index in [9.17, 15) is 14.9 Å². The van der Waals surface area contributed by atoms with E-state index in [2.05, 4.69) is 22.5 Å². The van der Waals surface area contributed by atoms with E-state index in [-0.39, 0.29) is 11.6 Å². The van der Waals surface area contributed by atoms with Crippen molar-refractivity contribution in [2.45, 2.75) is 13.0 Å². The molecule has 0 saturated carbocycles. The lowest BCUT2D eigenvalue weighted by atomic mass is 10.2. The van der Waals surface area contributed by atoms with Crippen LogP contribution < -0.4 is 10.6 Å². The van der Waals surface area contributed by atoms with Gasteiger partial charge in [0.2, 0.25) is 5.91 Å². The fourth-order valence-electron chi connectivity index (χ4n) is 2.17. The summed E-state index contributed by atoms with van der Waals surface area (Å²) in [4.78, 5) is 24.1. The Morgan fingerprint density at radius 2 is 2.20 bits per heavy atom. The first-order valence-electron chi connectivity index (χ1n) is 6.55. The molecule has 0 aliphatic carbocycles. The maximum absolute atomic E-state index is 11.9. The van der Waals surface area contributed by atoms with E-state index in [1.807, 2.05) is 0 Å². The van der Waals surface area contributed by atoms with E-state index in [0.29, 0.717) is 18.3 Å². The number of carbonyl (C=O) groups is 1. The van der Waals surface area contributed by atoms with Gasteiger partial charge in [-0.05, 0) is 19.1 Å². The van der Waals surface area contributed by atoms with Crippen LogP contribution in [0.4, 0.5) is 11.4 Å². The monoisotopic (exact) mass is 278 g/mol. The number of nitrogens with zero attached hydrogens (tertiary/aromatic N) is 2. The second-order valence-corrected chi connectivity index (χ2v) is 4.88. The number of hydrogen-bond acceptors (Lipinski definition) is 5. The molecule has 1 amide bonds. The first-order chi connectivity index (χ1) is 9.56. The summed E-state index contributed by atoms with van der Waals surface area (Å²) in [6.07, 6.45) is 0. The summed E-state index contributed by atoms with van der Waals surface area (Å²) in [6.45, 7) is 5.01. The van der Waals surface area contributed by atoms with Crippen LogP contribution in [0.5, 0.6) is 0 Å². The van der Waals surface area contributed by atoms with Crippen molar-refractivity contribution < 1.29 is 9.72 Å². The lowest BCUT2D eigenvalue weighted by Gasteiger charge is -2.33. The first-order valence-corrected chi connectivity index (χ1v) is 6.55. The van der Waals surface area contributed by atoms with Crippen molar-refractivity contribution in [1.29, 1.82) is 0 Å². The van der Waals surface area contributed by atoms with Crippen molar-refractivity contribution in [1.82, 2.24) is 10.2 Å². The molecule has 108 valence electrons. The molecule has 7 heteroatoms. The summed E-state index contributed by atoms with van der Waals surface area (Å²) in [6, 6.07) is 6.16. The molecule has 1 fully saturated rings. The molecule has 1 aliphatic heterocycles. The Kier molecular flexibility index (Phi) is 4.65. The molecule has 0 unspecified atom stereocenters. The lowest BCUT2D eigenvalue weighted by Crippen LogP contribution is -2.51. The highest BCUT2D eigenvalue weighted by Gasteiger charge is 2.20. The molecule has 1 aromatic carbocycles. The maximum atomic E-state index is 11.9. The Morgan fingerprint density at radius 3 is 2.80 bits per heavy atom. The van der Waals surface area contributed by atoms with Gasteiger partial charge in [-0.1, -0.05) is 0 Å². The molecule has 1 heterocycles. The number of nitro benzene ring substituents is 1. The van der Waals surface area contributed by atoms with Gasteiger partial charge in [0.05, 0.1) is 11.5 Å². The smallest absolute Gasteiger partial charge is 0.269 e. The molecule has 0 bridgehead atoms. The van der Waals surface area contributed by atoms with E-state index >= 15 is 0 Å². The van der Waals surface area contributed by atoms with Gasteiger partial charge in [0, 0.05) is 43.5 Å². The van der Waals surface area contributed by atoms with Gasteiger partial charge in [-0.2, -0.15) is 0 Å². The molecule has 0 spiro atoms. The average Bonchev–Trinajstić information content (AvgIpc) is 2.42. The van der Waals surface area contributed by atoms with Gasteiger partial charge >= 0.3 is 0 Å². The van der Waals surface area contributed by atoms with Gasteiger partial charge in [0.15, 0.2) is 0 Å². The minimum Gasteiger partial charge on any atom is -0.325 e. The van der Waals surface area contributed by atoms with Crippen molar-refractivity contribution in [3.05, 3.63) is 34.4 Å². The number of anilines is 1. The van der Waals surface area contributed by atoms with Crippen molar-refractivity contribution in [3.63, 3.8) is 0 Å². The number of benzene rings is 1. The standard InChI is InChI=1S/C13H18N4O3/c1-10-8-14-6-7-16(10)9-13(18)15-11-2-4-12(5-3-11)17(19)20/h2-5,10,14H,6-9H2,1H3,(H,15,18)/t10-/m1/s1. The normalized spacial score (nSPS) is 19.6. The molecule has 1 atom stereocenters. The Morgan fingerprint density at radius 1 is 1.50 bits per heavy atom. The van der Waals surface area contributed by atoms with E-state index < -0.39 is 4.92 Å². The number of piperazine rings is 1. The predicted molar refractivity (Wildman–Crippen MR) is 75.6 cm³/mol. The minimum absolute atomic E-state index is 0.0127. The van der Waals surface area contributed by atoms with Gasteiger partial charge in [-0.3, -0.25) is 19.8 Å². The summed E-state index contributed by atoms with van der Waals surface area (Å²) in [5.74, 6) is -0.104. The maximum Gasteiger partial charge on any atom is 0.269 e. The quantitative estimate of drug-likeness (QED) is 0.629. The van der Waals surface area contributed by atoms with Gasteiger partial charge < -0.3 is 10.6 Å². The summed E-state index contributed by atoms with van der Waals surface area (Å²) in [5.41, 5.74) is 0.585. The van der Waals surface area contributed by atoms with Gasteiger partial charge in [-0.25, -0.2) is 0 Å².